The Morgan fingerprint density at radius 1 is 1.13 bits per heavy atom. The standard InChI is InChI=1S/C24H27F2N7O4S/c1-32(2)8-6-28-16-3-4-18(19(12-16)22(27)34)24(35)29-23-20-13-33(7-5-21(20)30-31-23)38(36,37)17-10-14(25)9-15(26)11-17/h3-4,9-12,28H,5-8,13H2,1-2H3,(H2,27,34)(H2,29,30,31,35). The second-order valence-electron chi connectivity index (χ2n) is 9.03. The smallest absolute Gasteiger partial charge is 0.257 e. The lowest BCUT2D eigenvalue weighted by Gasteiger charge is -2.26. The molecule has 2 heterocycles. The predicted molar refractivity (Wildman–Crippen MR) is 136 cm³/mol. The lowest BCUT2D eigenvalue weighted by Crippen LogP contribution is -2.36. The van der Waals surface area contributed by atoms with Crippen molar-refractivity contribution < 1.29 is 26.8 Å². The van der Waals surface area contributed by atoms with Gasteiger partial charge in [-0.2, -0.15) is 9.40 Å². The fraction of sp³-hybridized carbons (Fsp3) is 0.292. The molecule has 0 saturated carbocycles. The minimum Gasteiger partial charge on any atom is -0.384 e. The molecule has 3 aromatic rings. The molecule has 1 aliphatic heterocycles. The molecule has 1 aromatic heterocycles. The number of hydrogen-bond acceptors (Lipinski definition) is 7. The molecule has 1 aliphatic rings. The zero-order chi connectivity index (χ0) is 27.6. The van der Waals surface area contributed by atoms with Crippen LogP contribution in [0.3, 0.4) is 0 Å². The van der Waals surface area contributed by atoms with Crippen LogP contribution >= 0.6 is 0 Å². The zero-order valence-corrected chi connectivity index (χ0v) is 21.5. The van der Waals surface area contributed by atoms with Gasteiger partial charge in [-0.25, -0.2) is 17.2 Å². The number of aromatic amines is 1. The van der Waals surface area contributed by atoms with E-state index in [0.29, 0.717) is 29.6 Å². The molecule has 14 heteroatoms. The van der Waals surface area contributed by atoms with Crippen LogP contribution in [-0.2, 0) is 23.0 Å². The summed E-state index contributed by atoms with van der Waals surface area (Å²) in [5.74, 6) is -3.42. The number of nitrogens with one attached hydrogen (secondary N) is 3. The van der Waals surface area contributed by atoms with E-state index in [1.54, 1.807) is 6.07 Å². The summed E-state index contributed by atoms with van der Waals surface area (Å²) in [5, 5.41) is 12.6. The summed E-state index contributed by atoms with van der Waals surface area (Å²) >= 11 is 0. The van der Waals surface area contributed by atoms with Crippen molar-refractivity contribution in [3.8, 4) is 0 Å². The number of H-pyrrole nitrogens is 1. The van der Waals surface area contributed by atoms with Crippen molar-refractivity contribution in [2.45, 2.75) is 17.9 Å². The number of halogens is 2. The number of benzene rings is 2. The third kappa shape index (κ3) is 5.82. The van der Waals surface area contributed by atoms with Gasteiger partial charge in [0.15, 0.2) is 5.82 Å². The summed E-state index contributed by atoms with van der Waals surface area (Å²) in [4.78, 5) is 26.7. The average Bonchev–Trinajstić information content (AvgIpc) is 3.25. The number of aromatic nitrogens is 2. The average molecular weight is 548 g/mol. The summed E-state index contributed by atoms with van der Waals surface area (Å²) in [6, 6.07) is 6.67. The predicted octanol–water partition coefficient (Wildman–Crippen LogP) is 1.76. The number of amides is 2. The van der Waals surface area contributed by atoms with Gasteiger partial charge in [-0.15, -0.1) is 0 Å². The molecule has 0 aliphatic carbocycles. The van der Waals surface area contributed by atoms with Crippen LogP contribution in [0.25, 0.3) is 0 Å². The van der Waals surface area contributed by atoms with Gasteiger partial charge in [0.25, 0.3) is 5.91 Å². The fourth-order valence-electron chi connectivity index (χ4n) is 4.06. The number of anilines is 2. The van der Waals surface area contributed by atoms with Gasteiger partial charge in [0.05, 0.1) is 16.0 Å². The SMILES string of the molecule is CN(C)CCNc1ccc(C(=O)Nc2n[nH]c3c2CN(S(=O)(=O)c2cc(F)cc(F)c2)CC3)c(C(N)=O)c1. The number of nitrogens with two attached hydrogens (primary N) is 1. The number of carbonyl (C=O) groups excluding carboxylic acids is 2. The van der Waals surface area contributed by atoms with E-state index >= 15 is 0 Å². The van der Waals surface area contributed by atoms with Crippen LogP contribution in [0, 0.1) is 11.6 Å². The molecular formula is C24H27F2N7O4S. The Morgan fingerprint density at radius 2 is 1.84 bits per heavy atom. The lowest BCUT2D eigenvalue weighted by molar-refractivity contribution is 0.0977. The van der Waals surface area contributed by atoms with Gasteiger partial charge in [0.2, 0.25) is 15.9 Å². The number of primary amides is 1. The largest absolute Gasteiger partial charge is 0.384 e. The Labute approximate surface area is 218 Å². The molecule has 0 unspecified atom stereocenters. The van der Waals surface area contributed by atoms with E-state index < -0.39 is 38.4 Å². The second-order valence-corrected chi connectivity index (χ2v) is 11.0. The van der Waals surface area contributed by atoms with Crippen LogP contribution in [-0.4, -0.2) is 73.4 Å². The van der Waals surface area contributed by atoms with E-state index in [1.807, 2.05) is 19.0 Å². The van der Waals surface area contributed by atoms with Gasteiger partial charge in [-0.1, -0.05) is 0 Å². The van der Waals surface area contributed by atoms with Crippen LogP contribution in [0.4, 0.5) is 20.3 Å². The Balaban J connectivity index is 1.55. The fourth-order valence-corrected chi connectivity index (χ4v) is 5.51. The van der Waals surface area contributed by atoms with Gasteiger partial charge in [-0.3, -0.25) is 14.7 Å². The molecule has 11 nitrogen and oxygen atoms in total. The van der Waals surface area contributed by atoms with Gasteiger partial charge in [0, 0.05) is 55.6 Å². The summed E-state index contributed by atoms with van der Waals surface area (Å²) in [6.45, 7) is 1.20. The number of carbonyl (C=O) groups is 2. The lowest BCUT2D eigenvalue weighted by atomic mass is 10.0. The highest BCUT2D eigenvalue weighted by Crippen LogP contribution is 2.29. The molecule has 0 radical (unpaired) electrons. The molecule has 4 rings (SSSR count). The van der Waals surface area contributed by atoms with Crippen LogP contribution in [0.2, 0.25) is 0 Å². The van der Waals surface area contributed by atoms with Gasteiger partial charge >= 0.3 is 0 Å². The summed E-state index contributed by atoms with van der Waals surface area (Å²) in [7, 11) is -0.385. The monoisotopic (exact) mass is 547 g/mol. The maximum absolute atomic E-state index is 13.7. The van der Waals surface area contributed by atoms with Gasteiger partial charge in [-0.05, 0) is 44.4 Å². The maximum Gasteiger partial charge on any atom is 0.257 e. The van der Waals surface area contributed by atoms with Crippen molar-refractivity contribution in [2.75, 3.05) is 44.4 Å². The molecule has 2 amide bonds. The normalized spacial score (nSPS) is 13.8. The first-order valence-electron chi connectivity index (χ1n) is 11.6. The molecule has 0 saturated heterocycles. The minimum absolute atomic E-state index is 0.000841. The first kappa shape index (κ1) is 27.2. The number of rotatable bonds is 9. The third-order valence-corrected chi connectivity index (χ3v) is 7.84. The van der Waals surface area contributed by atoms with Gasteiger partial charge < -0.3 is 21.3 Å². The molecular weight excluding hydrogens is 520 g/mol. The topological polar surface area (TPSA) is 154 Å². The summed E-state index contributed by atoms with van der Waals surface area (Å²) in [5.41, 5.74) is 7.15. The van der Waals surface area contributed by atoms with E-state index in [9.17, 15) is 26.8 Å². The molecule has 38 heavy (non-hydrogen) atoms. The molecule has 5 N–H and O–H groups in total. The molecule has 0 fully saturated rings. The molecule has 2 aromatic carbocycles. The minimum atomic E-state index is -4.23. The number of likely N-dealkylation sites (N-methyl/N-ethyl adjacent to an activating group) is 1. The first-order valence-corrected chi connectivity index (χ1v) is 13.1. The third-order valence-electron chi connectivity index (χ3n) is 6.02. The first-order chi connectivity index (χ1) is 18.0. The van der Waals surface area contributed by atoms with Crippen molar-refractivity contribution in [1.29, 1.82) is 0 Å². The number of fused-ring (bicyclic) bond motifs is 1. The van der Waals surface area contributed by atoms with Crippen LogP contribution < -0.4 is 16.4 Å². The molecule has 202 valence electrons. The van der Waals surface area contributed by atoms with Crippen molar-refractivity contribution in [3.05, 3.63) is 70.4 Å². The van der Waals surface area contributed by atoms with E-state index in [4.69, 9.17) is 5.73 Å². The van der Waals surface area contributed by atoms with Gasteiger partial charge in [0.1, 0.15) is 11.6 Å². The Morgan fingerprint density at radius 3 is 2.50 bits per heavy atom. The zero-order valence-electron chi connectivity index (χ0n) is 20.7. The van der Waals surface area contributed by atoms with E-state index in [2.05, 4.69) is 20.8 Å². The molecule has 0 atom stereocenters. The van der Waals surface area contributed by atoms with Crippen LogP contribution in [0.15, 0.2) is 41.3 Å². The number of nitrogens with zero attached hydrogens (tertiary/aromatic N) is 3. The van der Waals surface area contributed by atoms with Crippen molar-refractivity contribution in [1.82, 2.24) is 19.4 Å². The summed E-state index contributed by atoms with van der Waals surface area (Å²) in [6.07, 6.45) is 0.231. The Bertz CT molecular complexity index is 1470. The summed E-state index contributed by atoms with van der Waals surface area (Å²) < 4.78 is 54.5. The molecule has 0 spiro atoms. The van der Waals surface area contributed by atoms with Crippen molar-refractivity contribution >= 4 is 33.3 Å². The highest BCUT2D eigenvalue weighted by Gasteiger charge is 2.32. The van der Waals surface area contributed by atoms with E-state index in [-0.39, 0.29) is 36.5 Å². The van der Waals surface area contributed by atoms with Crippen LogP contribution in [0.1, 0.15) is 32.0 Å². The highest BCUT2D eigenvalue weighted by molar-refractivity contribution is 7.89. The number of hydrogen-bond donors (Lipinski definition) is 4. The maximum atomic E-state index is 13.7. The van der Waals surface area contributed by atoms with E-state index in [1.165, 1.54) is 12.1 Å². The second kappa shape index (κ2) is 10.8. The Kier molecular flexibility index (Phi) is 7.76. The van der Waals surface area contributed by atoms with E-state index in [0.717, 1.165) is 23.0 Å². The quantitative estimate of drug-likeness (QED) is 0.318. The van der Waals surface area contributed by atoms with Crippen LogP contribution in [0.5, 0.6) is 0 Å². The Hall–Kier alpha value is -3.88. The van der Waals surface area contributed by atoms with Crippen molar-refractivity contribution in [3.63, 3.8) is 0 Å². The highest BCUT2D eigenvalue weighted by atomic mass is 32.2. The number of sulfonamides is 1. The molecule has 0 bridgehead atoms. The van der Waals surface area contributed by atoms with Crippen molar-refractivity contribution in [2.24, 2.45) is 5.73 Å².